The zero-order valence-electron chi connectivity index (χ0n) is 16.3. The molecule has 1 aliphatic heterocycles. The van der Waals surface area contributed by atoms with Crippen molar-refractivity contribution in [2.24, 2.45) is 0 Å². The second-order valence-corrected chi connectivity index (χ2v) is 6.46. The van der Waals surface area contributed by atoms with Gasteiger partial charge in [0.1, 0.15) is 0 Å². The fourth-order valence-electron chi connectivity index (χ4n) is 3.16. The van der Waals surface area contributed by atoms with Crippen molar-refractivity contribution in [3.05, 3.63) is 81.4 Å². The first-order chi connectivity index (χ1) is 14.3. The van der Waals surface area contributed by atoms with Crippen LogP contribution in [0.15, 0.2) is 60.2 Å². The summed E-state index contributed by atoms with van der Waals surface area (Å²) in [6.45, 7) is 3.41. The van der Waals surface area contributed by atoms with Crippen LogP contribution in [0.4, 0.5) is 10.5 Å². The van der Waals surface area contributed by atoms with E-state index in [1.54, 1.807) is 44.2 Å². The van der Waals surface area contributed by atoms with Crippen LogP contribution < -0.4 is 5.32 Å². The third kappa shape index (κ3) is 3.90. The SMILES string of the molecule is CCOC(=O)C1=C(c2ccccc2)N(C(=O)c2ccc([N+](=O)[O-])cc2)C(=O)NC1C. The lowest BCUT2D eigenvalue weighted by molar-refractivity contribution is -0.384. The van der Waals surface area contributed by atoms with E-state index in [1.807, 2.05) is 0 Å². The van der Waals surface area contributed by atoms with Crippen molar-refractivity contribution in [3.63, 3.8) is 0 Å². The Labute approximate surface area is 172 Å². The number of non-ortho nitro benzene ring substituents is 1. The van der Waals surface area contributed by atoms with Gasteiger partial charge in [-0.15, -0.1) is 0 Å². The second-order valence-electron chi connectivity index (χ2n) is 6.46. The van der Waals surface area contributed by atoms with Crippen molar-refractivity contribution in [2.75, 3.05) is 6.61 Å². The molecular formula is C21H19N3O6. The Morgan fingerprint density at radius 3 is 2.33 bits per heavy atom. The van der Waals surface area contributed by atoms with Gasteiger partial charge in [0, 0.05) is 17.7 Å². The number of nitrogens with one attached hydrogen (secondary N) is 1. The predicted molar refractivity (Wildman–Crippen MR) is 107 cm³/mol. The number of amides is 3. The largest absolute Gasteiger partial charge is 0.463 e. The summed E-state index contributed by atoms with van der Waals surface area (Å²) in [5.41, 5.74) is 0.611. The molecule has 0 saturated carbocycles. The molecule has 0 spiro atoms. The minimum atomic E-state index is -0.727. The van der Waals surface area contributed by atoms with E-state index in [1.165, 1.54) is 24.3 Å². The van der Waals surface area contributed by atoms with Gasteiger partial charge in [-0.3, -0.25) is 14.9 Å². The number of rotatable bonds is 5. The van der Waals surface area contributed by atoms with Crippen molar-refractivity contribution in [2.45, 2.75) is 19.9 Å². The molecule has 2 aromatic carbocycles. The highest BCUT2D eigenvalue weighted by molar-refractivity contribution is 6.15. The number of nitro benzene ring substituents is 1. The molecular weight excluding hydrogens is 390 g/mol. The van der Waals surface area contributed by atoms with E-state index in [0.29, 0.717) is 5.56 Å². The number of nitrogens with zero attached hydrogens (tertiary/aromatic N) is 2. The summed E-state index contributed by atoms with van der Waals surface area (Å²) in [6.07, 6.45) is 0. The average Bonchev–Trinajstić information content (AvgIpc) is 2.73. The Morgan fingerprint density at radius 1 is 1.13 bits per heavy atom. The Balaban J connectivity index is 2.16. The van der Waals surface area contributed by atoms with E-state index >= 15 is 0 Å². The van der Waals surface area contributed by atoms with Crippen LogP contribution in [0, 0.1) is 10.1 Å². The first-order valence-electron chi connectivity index (χ1n) is 9.21. The number of carbonyl (C=O) groups excluding carboxylic acids is 3. The first kappa shape index (κ1) is 20.7. The molecule has 0 saturated heterocycles. The van der Waals surface area contributed by atoms with Gasteiger partial charge in [-0.2, -0.15) is 0 Å². The van der Waals surface area contributed by atoms with Crippen LogP contribution >= 0.6 is 0 Å². The lowest BCUT2D eigenvalue weighted by Crippen LogP contribution is -2.52. The van der Waals surface area contributed by atoms with Gasteiger partial charge in [-0.05, 0) is 31.5 Å². The van der Waals surface area contributed by atoms with Gasteiger partial charge in [0.25, 0.3) is 11.6 Å². The average molecular weight is 409 g/mol. The quantitative estimate of drug-likeness (QED) is 0.460. The van der Waals surface area contributed by atoms with Crippen molar-refractivity contribution in [1.82, 2.24) is 10.2 Å². The third-order valence-electron chi connectivity index (χ3n) is 4.53. The first-order valence-corrected chi connectivity index (χ1v) is 9.21. The molecule has 30 heavy (non-hydrogen) atoms. The summed E-state index contributed by atoms with van der Waals surface area (Å²) in [5.74, 6) is -1.37. The highest BCUT2D eigenvalue weighted by Gasteiger charge is 2.39. The fourth-order valence-corrected chi connectivity index (χ4v) is 3.16. The molecule has 0 bridgehead atoms. The Morgan fingerprint density at radius 2 is 1.77 bits per heavy atom. The predicted octanol–water partition coefficient (Wildman–Crippen LogP) is 3.12. The molecule has 1 unspecified atom stereocenters. The number of nitro groups is 1. The Bertz CT molecular complexity index is 1030. The standard InChI is InChI=1S/C21H19N3O6/c1-3-30-20(26)17-13(2)22-21(27)23(18(17)14-7-5-4-6-8-14)19(25)15-9-11-16(12-10-15)24(28)29/h4-13H,3H2,1-2H3,(H,22,27). The fraction of sp³-hybridized carbons (Fsp3) is 0.190. The van der Waals surface area contributed by atoms with Gasteiger partial charge in [-0.25, -0.2) is 14.5 Å². The molecule has 1 N–H and O–H groups in total. The Kier molecular flexibility index (Phi) is 5.91. The van der Waals surface area contributed by atoms with E-state index in [9.17, 15) is 24.5 Å². The lowest BCUT2D eigenvalue weighted by atomic mass is 9.97. The maximum absolute atomic E-state index is 13.2. The number of hydrogen-bond acceptors (Lipinski definition) is 6. The van der Waals surface area contributed by atoms with Gasteiger partial charge in [0.2, 0.25) is 0 Å². The summed E-state index contributed by atoms with van der Waals surface area (Å²) in [6, 6.07) is 12.0. The summed E-state index contributed by atoms with van der Waals surface area (Å²) >= 11 is 0. The summed E-state index contributed by atoms with van der Waals surface area (Å²) in [5, 5.41) is 13.5. The molecule has 1 aliphatic rings. The topological polar surface area (TPSA) is 119 Å². The molecule has 1 heterocycles. The normalized spacial score (nSPS) is 16.1. The monoisotopic (exact) mass is 409 g/mol. The van der Waals surface area contributed by atoms with Crippen LogP contribution in [-0.4, -0.2) is 40.4 Å². The number of benzene rings is 2. The lowest BCUT2D eigenvalue weighted by Gasteiger charge is -2.34. The van der Waals surface area contributed by atoms with Gasteiger partial charge >= 0.3 is 12.0 Å². The van der Waals surface area contributed by atoms with E-state index in [4.69, 9.17) is 4.74 Å². The summed E-state index contributed by atoms with van der Waals surface area (Å²) in [4.78, 5) is 49.9. The van der Waals surface area contributed by atoms with Crippen molar-refractivity contribution in [1.29, 1.82) is 0 Å². The maximum Gasteiger partial charge on any atom is 0.338 e. The molecule has 3 amide bonds. The van der Waals surface area contributed by atoms with Gasteiger partial charge in [-0.1, -0.05) is 30.3 Å². The van der Waals surface area contributed by atoms with Crippen molar-refractivity contribution in [3.8, 4) is 0 Å². The molecule has 2 aromatic rings. The highest BCUT2D eigenvalue weighted by Crippen LogP contribution is 2.31. The zero-order chi connectivity index (χ0) is 21.8. The molecule has 0 aliphatic carbocycles. The molecule has 154 valence electrons. The van der Waals surface area contributed by atoms with E-state index in [2.05, 4.69) is 5.32 Å². The number of esters is 1. The molecule has 3 rings (SSSR count). The molecule has 0 fully saturated rings. The van der Waals surface area contributed by atoms with E-state index in [0.717, 1.165) is 4.90 Å². The number of hydrogen-bond donors (Lipinski definition) is 1. The number of ether oxygens (including phenoxy) is 1. The minimum Gasteiger partial charge on any atom is -0.463 e. The smallest absolute Gasteiger partial charge is 0.338 e. The molecule has 9 heteroatoms. The van der Waals surface area contributed by atoms with Crippen LogP contribution in [0.1, 0.15) is 29.8 Å². The highest BCUT2D eigenvalue weighted by atomic mass is 16.6. The van der Waals surface area contributed by atoms with Gasteiger partial charge < -0.3 is 10.1 Å². The van der Waals surface area contributed by atoms with Crippen LogP contribution in [0.25, 0.3) is 5.70 Å². The van der Waals surface area contributed by atoms with Crippen LogP contribution in [0.5, 0.6) is 0 Å². The number of urea groups is 1. The van der Waals surface area contributed by atoms with Crippen LogP contribution in [0.3, 0.4) is 0 Å². The maximum atomic E-state index is 13.2. The van der Waals surface area contributed by atoms with E-state index in [-0.39, 0.29) is 29.1 Å². The zero-order valence-corrected chi connectivity index (χ0v) is 16.3. The molecule has 9 nitrogen and oxygen atoms in total. The van der Waals surface area contributed by atoms with Crippen molar-refractivity contribution >= 4 is 29.3 Å². The van der Waals surface area contributed by atoms with Crippen LogP contribution in [-0.2, 0) is 9.53 Å². The molecule has 0 aromatic heterocycles. The molecule has 1 atom stereocenters. The summed E-state index contributed by atoms with van der Waals surface area (Å²) in [7, 11) is 0. The number of imide groups is 1. The number of carbonyl (C=O) groups is 3. The minimum absolute atomic E-state index is 0.0574. The van der Waals surface area contributed by atoms with Crippen LogP contribution in [0.2, 0.25) is 0 Å². The molecule has 0 radical (unpaired) electrons. The van der Waals surface area contributed by atoms with Crippen molar-refractivity contribution < 1.29 is 24.0 Å². The van der Waals surface area contributed by atoms with Gasteiger partial charge in [0.15, 0.2) is 0 Å². The van der Waals surface area contributed by atoms with Gasteiger partial charge in [0.05, 0.1) is 28.8 Å². The third-order valence-corrected chi connectivity index (χ3v) is 4.53. The Hall–Kier alpha value is -4.01. The van der Waals surface area contributed by atoms with E-state index < -0.39 is 28.9 Å². The second kappa shape index (κ2) is 8.56. The summed E-state index contributed by atoms with van der Waals surface area (Å²) < 4.78 is 5.15.